The first-order valence-corrected chi connectivity index (χ1v) is 15.8. The number of ketones is 1. The maximum absolute atomic E-state index is 13.8. The zero-order chi connectivity index (χ0) is 32.7. The zero-order valence-electron chi connectivity index (χ0n) is 26.5. The first-order valence-electron chi connectivity index (χ1n) is 15.8. The molecule has 0 radical (unpaired) electrons. The Labute approximate surface area is 269 Å². The number of fused-ring (bicyclic) bond motifs is 1. The van der Waals surface area contributed by atoms with E-state index in [2.05, 4.69) is 16.0 Å². The van der Waals surface area contributed by atoms with E-state index in [1.54, 1.807) is 13.0 Å². The lowest BCUT2D eigenvalue weighted by atomic mass is 9.93. The van der Waals surface area contributed by atoms with Crippen molar-refractivity contribution >= 4 is 34.3 Å². The van der Waals surface area contributed by atoms with E-state index in [-0.39, 0.29) is 30.4 Å². The van der Waals surface area contributed by atoms with Crippen molar-refractivity contribution in [2.24, 2.45) is 5.92 Å². The van der Waals surface area contributed by atoms with Gasteiger partial charge in [-0.2, -0.15) is 0 Å². The van der Waals surface area contributed by atoms with Crippen LogP contribution in [0.1, 0.15) is 61.1 Å². The van der Waals surface area contributed by atoms with Crippen LogP contribution in [0.5, 0.6) is 0 Å². The van der Waals surface area contributed by atoms with Crippen LogP contribution in [0.3, 0.4) is 0 Å². The molecule has 4 aromatic rings. The Kier molecular flexibility index (Phi) is 10.3. The lowest BCUT2D eigenvalue weighted by molar-refractivity contribution is -0.133. The molecule has 5 rings (SSSR count). The van der Waals surface area contributed by atoms with Gasteiger partial charge in [0.15, 0.2) is 5.78 Å². The summed E-state index contributed by atoms with van der Waals surface area (Å²) in [6.07, 6.45) is 0.586. The number of nitrogens with one attached hydrogen (secondary N) is 3. The Hall–Kier alpha value is -4.82. The van der Waals surface area contributed by atoms with Gasteiger partial charge in [0.1, 0.15) is 11.6 Å². The summed E-state index contributed by atoms with van der Waals surface area (Å²) >= 11 is 0. The van der Waals surface area contributed by atoms with E-state index in [0.29, 0.717) is 18.6 Å². The molecule has 8 heteroatoms. The van der Waals surface area contributed by atoms with Gasteiger partial charge in [-0.15, -0.1) is 0 Å². The maximum Gasteiger partial charge on any atom is 0.251 e. The van der Waals surface area contributed by atoms with E-state index in [1.807, 2.05) is 111 Å². The average molecular weight is 620 g/mol. The smallest absolute Gasteiger partial charge is 0.251 e. The standard InChI is InChI=1S/C38H41N3O5/c1-25(2)20-32(35(43)38(3)24-46-38)41-37(45)33(21-26-12-6-4-7-13-26)39-34(42)23-31(28-15-8-5-9-16-28)40-36(44)30-19-18-27-14-10-11-17-29(27)22-30/h4-19,22,25,31-33H,20-21,23-24H2,1-3H3,(H,39,42)(H,40,44)(H,41,45)/t31-,32-,33-,38-/m0/s1. The number of hydrogen-bond donors (Lipinski definition) is 3. The van der Waals surface area contributed by atoms with Crippen LogP contribution in [0, 0.1) is 5.92 Å². The van der Waals surface area contributed by atoms with E-state index in [0.717, 1.165) is 21.9 Å². The van der Waals surface area contributed by atoms with Gasteiger partial charge in [0.05, 0.1) is 25.1 Å². The third kappa shape index (κ3) is 8.46. The number of rotatable bonds is 14. The topological polar surface area (TPSA) is 117 Å². The SMILES string of the molecule is CC(C)C[C@H](NC(=O)[C@H](Cc1ccccc1)NC(=O)C[C@H](NC(=O)c1ccc2ccccc2c1)c1ccccc1)C(=O)[C@]1(C)CO1. The molecule has 1 aliphatic rings. The molecule has 238 valence electrons. The molecule has 0 saturated carbocycles. The van der Waals surface area contributed by atoms with Crippen molar-refractivity contribution in [3.63, 3.8) is 0 Å². The quantitative estimate of drug-likeness (QED) is 0.165. The van der Waals surface area contributed by atoms with E-state index in [4.69, 9.17) is 4.74 Å². The predicted molar refractivity (Wildman–Crippen MR) is 178 cm³/mol. The molecule has 8 nitrogen and oxygen atoms in total. The minimum Gasteiger partial charge on any atom is -0.361 e. The summed E-state index contributed by atoms with van der Waals surface area (Å²) in [6, 6.07) is 29.6. The van der Waals surface area contributed by atoms with Crippen LogP contribution in [0.25, 0.3) is 10.8 Å². The number of Topliss-reactive ketones (excluding diaryl/α,β-unsaturated/α-hetero) is 1. The number of benzene rings is 4. The maximum atomic E-state index is 13.8. The second-order valence-electron chi connectivity index (χ2n) is 12.6. The van der Waals surface area contributed by atoms with E-state index >= 15 is 0 Å². The first kappa shape index (κ1) is 32.6. The molecular formula is C38H41N3O5. The Morgan fingerprint density at radius 2 is 1.39 bits per heavy atom. The highest BCUT2D eigenvalue weighted by Gasteiger charge is 2.50. The monoisotopic (exact) mass is 619 g/mol. The fourth-order valence-corrected chi connectivity index (χ4v) is 5.60. The Morgan fingerprint density at radius 1 is 0.761 bits per heavy atom. The Bertz CT molecular complexity index is 1680. The fourth-order valence-electron chi connectivity index (χ4n) is 5.60. The van der Waals surface area contributed by atoms with Crippen LogP contribution in [-0.2, 0) is 25.5 Å². The van der Waals surface area contributed by atoms with Crippen LogP contribution in [0.4, 0.5) is 0 Å². The van der Waals surface area contributed by atoms with Gasteiger partial charge in [-0.1, -0.05) is 105 Å². The molecule has 0 spiro atoms. The minimum atomic E-state index is -0.946. The molecule has 1 fully saturated rings. The molecular weight excluding hydrogens is 578 g/mol. The molecule has 4 aromatic carbocycles. The first-order chi connectivity index (χ1) is 22.1. The molecule has 3 amide bonds. The normalized spacial score (nSPS) is 17.5. The van der Waals surface area contributed by atoms with E-state index in [9.17, 15) is 19.2 Å². The highest BCUT2D eigenvalue weighted by atomic mass is 16.6. The summed E-state index contributed by atoms with van der Waals surface area (Å²) in [5, 5.41) is 10.8. The van der Waals surface area contributed by atoms with Crippen molar-refractivity contribution < 1.29 is 23.9 Å². The fraction of sp³-hybridized carbons (Fsp3) is 0.316. The van der Waals surface area contributed by atoms with Gasteiger partial charge in [0, 0.05) is 12.0 Å². The van der Waals surface area contributed by atoms with Gasteiger partial charge >= 0.3 is 0 Å². The summed E-state index contributed by atoms with van der Waals surface area (Å²) < 4.78 is 5.39. The Balaban J connectivity index is 1.34. The molecule has 0 aliphatic carbocycles. The van der Waals surface area contributed by atoms with Crippen LogP contribution >= 0.6 is 0 Å². The number of carbonyl (C=O) groups excluding carboxylic acids is 4. The summed E-state index contributed by atoms with van der Waals surface area (Å²) in [7, 11) is 0. The number of epoxide rings is 1. The summed E-state index contributed by atoms with van der Waals surface area (Å²) in [5.74, 6) is -1.18. The van der Waals surface area contributed by atoms with E-state index in [1.165, 1.54) is 0 Å². The van der Waals surface area contributed by atoms with Crippen LogP contribution in [-0.4, -0.2) is 47.8 Å². The molecule has 1 aliphatic heterocycles. The third-order valence-corrected chi connectivity index (χ3v) is 8.28. The van der Waals surface area contributed by atoms with Crippen molar-refractivity contribution in [1.29, 1.82) is 0 Å². The highest BCUT2D eigenvalue weighted by molar-refractivity contribution is 5.99. The van der Waals surface area contributed by atoms with Gasteiger partial charge < -0.3 is 20.7 Å². The van der Waals surface area contributed by atoms with Crippen LogP contribution in [0.2, 0.25) is 0 Å². The molecule has 4 atom stereocenters. The lowest BCUT2D eigenvalue weighted by Gasteiger charge is -2.26. The van der Waals surface area contributed by atoms with Crippen molar-refractivity contribution in [1.82, 2.24) is 16.0 Å². The number of amides is 3. The number of carbonyl (C=O) groups is 4. The van der Waals surface area contributed by atoms with Crippen molar-refractivity contribution in [2.75, 3.05) is 6.61 Å². The average Bonchev–Trinajstić information content (AvgIpc) is 3.82. The van der Waals surface area contributed by atoms with Gasteiger partial charge in [-0.3, -0.25) is 19.2 Å². The molecule has 3 N–H and O–H groups in total. The highest BCUT2D eigenvalue weighted by Crippen LogP contribution is 2.30. The van der Waals surface area contributed by atoms with Crippen LogP contribution in [0.15, 0.2) is 103 Å². The Morgan fingerprint density at radius 3 is 2.04 bits per heavy atom. The van der Waals surface area contributed by atoms with Crippen LogP contribution < -0.4 is 16.0 Å². The second-order valence-corrected chi connectivity index (χ2v) is 12.6. The molecule has 46 heavy (non-hydrogen) atoms. The molecule has 0 aromatic heterocycles. The summed E-state index contributed by atoms with van der Waals surface area (Å²) in [5.41, 5.74) is 1.21. The zero-order valence-corrected chi connectivity index (χ0v) is 26.5. The summed E-state index contributed by atoms with van der Waals surface area (Å²) in [6.45, 7) is 6.03. The lowest BCUT2D eigenvalue weighted by Crippen LogP contribution is -2.54. The molecule has 0 bridgehead atoms. The van der Waals surface area contributed by atoms with Crippen molar-refractivity contribution in [3.8, 4) is 0 Å². The van der Waals surface area contributed by atoms with Gasteiger partial charge in [0.2, 0.25) is 11.8 Å². The van der Waals surface area contributed by atoms with Gasteiger partial charge in [-0.05, 0) is 53.3 Å². The number of hydrogen-bond acceptors (Lipinski definition) is 5. The van der Waals surface area contributed by atoms with Gasteiger partial charge in [0.25, 0.3) is 5.91 Å². The minimum absolute atomic E-state index is 0.0951. The van der Waals surface area contributed by atoms with Crippen molar-refractivity contribution in [3.05, 3.63) is 120 Å². The summed E-state index contributed by atoms with van der Waals surface area (Å²) in [4.78, 5) is 54.1. The molecule has 1 saturated heterocycles. The number of ether oxygens (including phenoxy) is 1. The van der Waals surface area contributed by atoms with Gasteiger partial charge in [-0.25, -0.2) is 0 Å². The third-order valence-electron chi connectivity index (χ3n) is 8.28. The molecule has 1 heterocycles. The van der Waals surface area contributed by atoms with Crippen molar-refractivity contribution in [2.45, 2.75) is 63.8 Å². The second kappa shape index (κ2) is 14.5. The largest absolute Gasteiger partial charge is 0.361 e. The van der Waals surface area contributed by atoms with E-state index < -0.39 is 35.5 Å². The molecule has 0 unspecified atom stereocenters. The predicted octanol–water partition coefficient (Wildman–Crippen LogP) is 5.32.